The van der Waals surface area contributed by atoms with Crippen molar-refractivity contribution in [1.29, 1.82) is 0 Å². The summed E-state index contributed by atoms with van der Waals surface area (Å²) >= 11 is 1.66. The van der Waals surface area contributed by atoms with Crippen LogP contribution in [0, 0.1) is 0 Å². The number of imidazole rings is 1. The van der Waals surface area contributed by atoms with E-state index in [0.29, 0.717) is 5.69 Å². The molecular formula is C20H16N2OS. The molecule has 0 aliphatic carbocycles. The average Bonchev–Trinajstić information content (AvgIpc) is 3.18. The molecule has 2 aromatic carbocycles. The van der Waals surface area contributed by atoms with Gasteiger partial charge in [0.05, 0.1) is 5.69 Å². The number of fused-ring (bicyclic) bond motifs is 1. The molecule has 0 atom stereocenters. The van der Waals surface area contributed by atoms with Crippen LogP contribution in [0.4, 0.5) is 0 Å². The normalized spacial score (nSPS) is 11.0. The average molecular weight is 332 g/mol. The van der Waals surface area contributed by atoms with E-state index in [2.05, 4.69) is 19.1 Å². The first kappa shape index (κ1) is 14.8. The van der Waals surface area contributed by atoms with Crippen molar-refractivity contribution in [2.75, 3.05) is 0 Å². The van der Waals surface area contributed by atoms with E-state index in [1.807, 2.05) is 52.9 Å². The molecule has 0 aliphatic rings. The van der Waals surface area contributed by atoms with Gasteiger partial charge < -0.3 is 0 Å². The van der Waals surface area contributed by atoms with E-state index in [9.17, 15) is 4.79 Å². The van der Waals surface area contributed by atoms with Crippen LogP contribution < -0.4 is 0 Å². The lowest BCUT2D eigenvalue weighted by Crippen LogP contribution is -1.96. The Morgan fingerprint density at radius 1 is 1.00 bits per heavy atom. The zero-order valence-corrected chi connectivity index (χ0v) is 14.1. The fourth-order valence-corrected chi connectivity index (χ4v) is 4.11. The van der Waals surface area contributed by atoms with Gasteiger partial charge in [-0.3, -0.25) is 9.20 Å². The molecule has 2 heterocycles. The van der Waals surface area contributed by atoms with Gasteiger partial charge in [0.25, 0.3) is 0 Å². The van der Waals surface area contributed by atoms with E-state index in [-0.39, 0.29) is 0 Å². The highest BCUT2D eigenvalue weighted by atomic mass is 32.1. The van der Waals surface area contributed by atoms with E-state index in [4.69, 9.17) is 4.98 Å². The third-order valence-electron chi connectivity index (χ3n) is 4.11. The van der Waals surface area contributed by atoms with Crippen molar-refractivity contribution in [3.63, 3.8) is 0 Å². The molecule has 4 heteroatoms. The lowest BCUT2D eigenvalue weighted by molar-refractivity contribution is 0.111. The summed E-state index contributed by atoms with van der Waals surface area (Å²) in [6, 6.07) is 20.1. The number of aromatic nitrogens is 2. The summed E-state index contributed by atoms with van der Waals surface area (Å²) in [4.78, 5) is 18.8. The minimum absolute atomic E-state index is 0.617. The zero-order chi connectivity index (χ0) is 16.5. The van der Waals surface area contributed by atoms with E-state index in [1.54, 1.807) is 11.3 Å². The van der Waals surface area contributed by atoms with Crippen molar-refractivity contribution < 1.29 is 4.79 Å². The van der Waals surface area contributed by atoms with Crippen LogP contribution in [0.1, 0.15) is 22.3 Å². The minimum Gasteiger partial charge on any atom is -0.296 e. The molecule has 0 saturated heterocycles. The highest BCUT2D eigenvalue weighted by Crippen LogP contribution is 2.36. The maximum atomic E-state index is 11.9. The lowest BCUT2D eigenvalue weighted by Gasteiger charge is -2.05. The van der Waals surface area contributed by atoms with Crippen molar-refractivity contribution in [3.05, 3.63) is 71.2 Å². The van der Waals surface area contributed by atoms with E-state index in [0.717, 1.165) is 40.2 Å². The smallest absolute Gasteiger partial charge is 0.195 e. The highest BCUT2D eigenvalue weighted by molar-refractivity contribution is 7.17. The summed E-state index contributed by atoms with van der Waals surface area (Å²) < 4.78 is 2.01. The fraction of sp³-hybridized carbons (Fsp3) is 0.100. The second-order valence-electron chi connectivity index (χ2n) is 5.54. The van der Waals surface area contributed by atoms with Crippen molar-refractivity contribution >= 4 is 22.6 Å². The first-order valence-corrected chi connectivity index (χ1v) is 8.75. The molecule has 118 valence electrons. The van der Waals surface area contributed by atoms with E-state index >= 15 is 0 Å². The Hall–Kier alpha value is -2.72. The molecule has 0 radical (unpaired) electrons. The summed E-state index contributed by atoms with van der Waals surface area (Å²) in [5.74, 6) is 0. The molecule has 24 heavy (non-hydrogen) atoms. The number of nitrogens with zero attached hydrogens (tertiary/aromatic N) is 2. The number of aryl methyl sites for hydroxylation is 1. The monoisotopic (exact) mass is 332 g/mol. The van der Waals surface area contributed by atoms with Gasteiger partial charge >= 0.3 is 0 Å². The second kappa shape index (κ2) is 6.06. The maximum Gasteiger partial charge on any atom is 0.195 e. The molecule has 2 aromatic heterocycles. The van der Waals surface area contributed by atoms with Gasteiger partial charge in [0.1, 0.15) is 11.4 Å². The number of benzene rings is 2. The Balaban J connectivity index is 2.05. The summed E-state index contributed by atoms with van der Waals surface area (Å²) in [5.41, 5.74) is 4.52. The quantitative estimate of drug-likeness (QED) is 0.487. The Morgan fingerprint density at radius 3 is 2.21 bits per heavy atom. The molecule has 0 fully saturated rings. The fourth-order valence-electron chi connectivity index (χ4n) is 3.02. The predicted octanol–water partition coefficient (Wildman–Crippen LogP) is 5.10. The van der Waals surface area contributed by atoms with Gasteiger partial charge in [-0.2, -0.15) is 0 Å². The Labute approximate surface area is 144 Å². The number of carbonyl (C=O) groups is 1. The lowest BCUT2D eigenvalue weighted by atomic mass is 10.1. The van der Waals surface area contributed by atoms with E-state index in [1.165, 1.54) is 4.88 Å². The van der Waals surface area contributed by atoms with Crippen LogP contribution in [-0.4, -0.2) is 15.7 Å². The number of rotatable bonds is 4. The molecule has 0 spiro atoms. The van der Waals surface area contributed by atoms with Gasteiger partial charge in [-0.25, -0.2) is 4.98 Å². The Kier molecular flexibility index (Phi) is 3.75. The maximum absolute atomic E-state index is 11.9. The molecule has 4 rings (SSSR count). The van der Waals surface area contributed by atoms with Crippen LogP contribution in [0.3, 0.4) is 0 Å². The van der Waals surface area contributed by atoms with Crippen molar-refractivity contribution in [2.24, 2.45) is 0 Å². The van der Waals surface area contributed by atoms with Gasteiger partial charge in [0.2, 0.25) is 0 Å². The molecule has 3 nitrogen and oxygen atoms in total. The zero-order valence-electron chi connectivity index (χ0n) is 13.3. The van der Waals surface area contributed by atoms with Crippen LogP contribution in [0.15, 0.2) is 60.7 Å². The Bertz CT molecular complexity index is 1000. The molecule has 0 saturated carbocycles. The first-order valence-electron chi connectivity index (χ1n) is 7.93. The summed E-state index contributed by atoms with van der Waals surface area (Å²) in [6.07, 6.45) is 1.83. The van der Waals surface area contributed by atoms with Crippen LogP contribution >= 0.6 is 11.3 Å². The minimum atomic E-state index is 0.617. The van der Waals surface area contributed by atoms with Gasteiger partial charge in [-0.1, -0.05) is 67.6 Å². The van der Waals surface area contributed by atoms with Crippen LogP contribution in [-0.2, 0) is 6.42 Å². The molecule has 0 bridgehead atoms. The number of aldehydes is 1. The third-order valence-corrected chi connectivity index (χ3v) is 5.30. The number of thiazole rings is 1. The van der Waals surface area contributed by atoms with Gasteiger partial charge in [-0.15, -0.1) is 11.3 Å². The molecule has 0 N–H and O–H groups in total. The first-order chi connectivity index (χ1) is 11.8. The summed E-state index contributed by atoms with van der Waals surface area (Å²) in [5, 5.41) is 0. The number of hydrogen-bond acceptors (Lipinski definition) is 3. The van der Waals surface area contributed by atoms with Gasteiger partial charge in [0.15, 0.2) is 11.2 Å². The standard InChI is InChI=1S/C20H16N2OS/c1-2-17-19(15-11-7-4-8-12-15)22-16(13-23)18(21-20(22)24-17)14-9-5-3-6-10-14/h3-13H,2H2,1H3. The number of hydrogen-bond donors (Lipinski definition) is 0. The second-order valence-corrected chi connectivity index (χ2v) is 6.60. The molecular weight excluding hydrogens is 316 g/mol. The van der Waals surface area contributed by atoms with Crippen molar-refractivity contribution in [3.8, 4) is 22.5 Å². The number of carbonyl (C=O) groups excluding carboxylic acids is 1. The van der Waals surface area contributed by atoms with Crippen LogP contribution in [0.2, 0.25) is 0 Å². The Morgan fingerprint density at radius 2 is 1.62 bits per heavy atom. The summed E-state index contributed by atoms with van der Waals surface area (Å²) in [6.45, 7) is 2.14. The van der Waals surface area contributed by atoms with E-state index < -0.39 is 0 Å². The third kappa shape index (κ3) is 2.27. The van der Waals surface area contributed by atoms with Gasteiger partial charge in [0, 0.05) is 10.4 Å². The topological polar surface area (TPSA) is 34.4 Å². The van der Waals surface area contributed by atoms with Crippen molar-refractivity contribution in [1.82, 2.24) is 9.38 Å². The summed E-state index contributed by atoms with van der Waals surface area (Å²) in [7, 11) is 0. The van der Waals surface area contributed by atoms with Crippen LogP contribution in [0.25, 0.3) is 27.5 Å². The van der Waals surface area contributed by atoms with Crippen molar-refractivity contribution in [2.45, 2.75) is 13.3 Å². The highest BCUT2D eigenvalue weighted by Gasteiger charge is 2.21. The molecule has 0 amide bonds. The SMILES string of the molecule is CCc1sc2nc(-c3ccccc3)c(C=O)n2c1-c1ccccc1. The predicted molar refractivity (Wildman–Crippen MR) is 98.7 cm³/mol. The molecule has 4 aromatic rings. The largest absolute Gasteiger partial charge is 0.296 e. The molecule has 0 aliphatic heterocycles. The molecule has 0 unspecified atom stereocenters. The van der Waals surface area contributed by atoms with Crippen LogP contribution in [0.5, 0.6) is 0 Å². The van der Waals surface area contributed by atoms with Gasteiger partial charge in [-0.05, 0) is 12.0 Å².